The lowest BCUT2D eigenvalue weighted by Crippen LogP contribution is -2.13. The lowest BCUT2D eigenvalue weighted by Gasteiger charge is -2.18. The van der Waals surface area contributed by atoms with E-state index in [1.807, 2.05) is 6.92 Å². The van der Waals surface area contributed by atoms with Gasteiger partial charge in [0.1, 0.15) is 16.5 Å². The molecule has 1 atom stereocenters. The van der Waals surface area contributed by atoms with Gasteiger partial charge in [0, 0.05) is 12.1 Å². The summed E-state index contributed by atoms with van der Waals surface area (Å²) >= 11 is 6.12. The number of ether oxygens (including phenoxy) is 2. The van der Waals surface area contributed by atoms with Crippen LogP contribution in [0, 0.1) is 6.92 Å². The van der Waals surface area contributed by atoms with Gasteiger partial charge in [-0.2, -0.15) is 0 Å². The molecule has 0 aromatic heterocycles. The van der Waals surface area contributed by atoms with Crippen molar-refractivity contribution in [3.05, 3.63) is 22.2 Å². The Bertz CT molecular complexity index is 382. The molecule has 5 heteroatoms. The maximum absolute atomic E-state index is 9.75. The number of aliphatic hydroxyl groups excluding tert-OH is 1. The maximum atomic E-state index is 9.75. The topological polar surface area (TPSA) is 64.7 Å². The van der Waals surface area contributed by atoms with Gasteiger partial charge in [-0.15, -0.1) is 0 Å². The summed E-state index contributed by atoms with van der Waals surface area (Å²) in [5.41, 5.74) is 6.83. The zero-order chi connectivity index (χ0) is 12.3. The number of hydrogen-bond acceptors (Lipinski definition) is 4. The minimum Gasteiger partial charge on any atom is -0.495 e. The van der Waals surface area contributed by atoms with E-state index in [4.69, 9.17) is 26.8 Å². The standard InChI is InChI=1S/C11H16ClNO3/c1-6-4-7(8(14)5-13)11(16-3)9(12)10(6)15-2/h4,8,14H,5,13H2,1-3H3. The van der Waals surface area contributed by atoms with Gasteiger partial charge in [0.05, 0.1) is 20.3 Å². The van der Waals surface area contributed by atoms with Crippen molar-refractivity contribution in [2.75, 3.05) is 20.8 Å². The molecule has 0 fully saturated rings. The number of nitrogens with two attached hydrogens (primary N) is 1. The van der Waals surface area contributed by atoms with Crippen LogP contribution in [-0.2, 0) is 0 Å². The van der Waals surface area contributed by atoms with Gasteiger partial charge in [-0.3, -0.25) is 0 Å². The summed E-state index contributed by atoms with van der Waals surface area (Å²) in [5, 5.41) is 10.1. The molecule has 3 N–H and O–H groups in total. The van der Waals surface area contributed by atoms with Crippen LogP contribution in [-0.4, -0.2) is 25.9 Å². The number of aryl methyl sites for hydroxylation is 1. The molecule has 0 amide bonds. The molecule has 1 aromatic carbocycles. The first-order valence-corrected chi connectivity index (χ1v) is 5.23. The zero-order valence-corrected chi connectivity index (χ0v) is 10.3. The van der Waals surface area contributed by atoms with E-state index in [1.165, 1.54) is 14.2 Å². The molecule has 4 nitrogen and oxygen atoms in total. The largest absolute Gasteiger partial charge is 0.495 e. The summed E-state index contributed by atoms with van der Waals surface area (Å²) < 4.78 is 10.3. The maximum Gasteiger partial charge on any atom is 0.147 e. The zero-order valence-electron chi connectivity index (χ0n) is 9.58. The second-order valence-electron chi connectivity index (χ2n) is 3.41. The molecule has 1 rings (SSSR count). The first-order chi connectivity index (χ1) is 7.56. The van der Waals surface area contributed by atoms with Crippen molar-refractivity contribution in [1.82, 2.24) is 0 Å². The molecular formula is C11H16ClNO3. The Labute approximate surface area is 99.9 Å². The van der Waals surface area contributed by atoms with E-state index in [0.717, 1.165) is 5.56 Å². The average molecular weight is 246 g/mol. The van der Waals surface area contributed by atoms with Gasteiger partial charge in [-0.1, -0.05) is 11.6 Å². The lowest BCUT2D eigenvalue weighted by atomic mass is 10.0. The summed E-state index contributed by atoms with van der Waals surface area (Å²) in [6, 6.07) is 1.76. The number of aliphatic hydroxyl groups is 1. The van der Waals surface area contributed by atoms with Crippen molar-refractivity contribution >= 4 is 11.6 Å². The number of halogens is 1. The molecular weight excluding hydrogens is 230 g/mol. The fourth-order valence-corrected chi connectivity index (χ4v) is 2.01. The van der Waals surface area contributed by atoms with Crippen LogP contribution in [0.5, 0.6) is 11.5 Å². The van der Waals surface area contributed by atoms with Gasteiger partial charge < -0.3 is 20.3 Å². The van der Waals surface area contributed by atoms with Crippen molar-refractivity contribution in [1.29, 1.82) is 0 Å². The molecule has 0 spiro atoms. The van der Waals surface area contributed by atoms with Crippen LogP contribution < -0.4 is 15.2 Å². The first kappa shape index (κ1) is 13.1. The molecule has 0 saturated heterocycles. The average Bonchev–Trinajstić information content (AvgIpc) is 2.28. The normalized spacial score (nSPS) is 12.4. The Balaban J connectivity index is 3.40. The van der Waals surface area contributed by atoms with Gasteiger partial charge in [0.15, 0.2) is 0 Å². The van der Waals surface area contributed by atoms with Crippen LogP contribution in [0.1, 0.15) is 17.2 Å². The van der Waals surface area contributed by atoms with E-state index in [2.05, 4.69) is 0 Å². The van der Waals surface area contributed by atoms with Gasteiger partial charge in [0.25, 0.3) is 0 Å². The van der Waals surface area contributed by atoms with Crippen molar-refractivity contribution < 1.29 is 14.6 Å². The van der Waals surface area contributed by atoms with E-state index in [-0.39, 0.29) is 6.54 Å². The molecule has 0 bridgehead atoms. The van der Waals surface area contributed by atoms with E-state index in [1.54, 1.807) is 6.07 Å². The summed E-state index contributed by atoms with van der Waals surface area (Å²) in [7, 11) is 3.02. The quantitative estimate of drug-likeness (QED) is 0.847. The molecule has 0 aliphatic carbocycles. The van der Waals surface area contributed by atoms with Crippen LogP contribution in [0.4, 0.5) is 0 Å². The Hall–Kier alpha value is -0.970. The fraction of sp³-hybridized carbons (Fsp3) is 0.455. The van der Waals surface area contributed by atoms with Crippen molar-refractivity contribution in [3.8, 4) is 11.5 Å². The molecule has 0 aliphatic rings. The number of hydrogen-bond donors (Lipinski definition) is 2. The van der Waals surface area contributed by atoms with Crippen molar-refractivity contribution in [3.63, 3.8) is 0 Å². The minimum absolute atomic E-state index is 0.110. The highest BCUT2D eigenvalue weighted by Gasteiger charge is 2.20. The Morgan fingerprint density at radius 3 is 2.38 bits per heavy atom. The van der Waals surface area contributed by atoms with Crippen LogP contribution in [0.15, 0.2) is 6.07 Å². The van der Waals surface area contributed by atoms with Crippen LogP contribution in [0.25, 0.3) is 0 Å². The van der Waals surface area contributed by atoms with E-state index in [9.17, 15) is 5.11 Å². The first-order valence-electron chi connectivity index (χ1n) is 4.85. The molecule has 1 unspecified atom stereocenters. The van der Waals surface area contributed by atoms with E-state index in [0.29, 0.717) is 22.1 Å². The summed E-state index contributed by atoms with van der Waals surface area (Å²) in [5.74, 6) is 0.952. The molecule has 16 heavy (non-hydrogen) atoms. The SMILES string of the molecule is COc1c(C)cc(C(O)CN)c(OC)c1Cl. The molecule has 0 radical (unpaired) electrons. The predicted octanol–water partition coefficient (Wildman–Crippen LogP) is 1.66. The fourth-order valence-electron chi connectivity index (χ4n) is 1.60. The third-order valence-corrected chi connectivity index (χ3v) is 2.72. The van der Waals surface area contributed by atoms with Crippen molar-refractivity contribution in [2.24, 2.45) is 5.73 Å². The third kappa shape index (κ3) is 2.24. The number of rotatable bonds is 4. The summed E-state index contributed by atoms with van der Waals surface area (Å²) in [6.45, 7) is 1.95. The number of methoxy groups -OCH3 is 2. The van der Waals surface area contributed by atoms with Gasteiger partial charge in [0.2, 0.25) is 0 Å². The van der Waals surface area contributed by atoms with Crippen LogP contribution >= 0.6 is 11.6 Å². The molecule has 0 saturated carbocycles. The molecule has 0 aliphatic heterocycles. The van der Waals surface area contributed by atoms with Gasteiger partial charge in [-0.25, -0.2) is 0 Å². The van der Waals surface area contributed by atoms with Gasteiger partial charge >= 0.3 is 0 Å². The van der Waals surface area contributed by atoms with Crippen LogP contribution in [0.2, 0.25) is 5.02 Å². The summed E-state index contributed by atoms with van der Waals surface area (Å²) in [6.07, 6.45) is -0.794. The smallest absolute Gasteiger partial charge is 0.147 e. The van der Waals surface area contributed by atoms with E-state index >= 15 is 0 Å². The lowest BCUT2D eigenvalue weighted by molar-refractivity contribution is 0.182. The molecule has 1 aromatic rings. The van der Waals surface area contributed by atoms with Gasteiger partial charge in [-0.05, 0) is 18.6 Å². The van der Waals surface area contributed by atoms with E-state index < -0.39 is 6.10 Å². The van der Waals surface area contributed by atoms with Crippen molar-refractivity contribution in [2.45, 2.75) is 13.0 Å². The highest BCUT2D eigenvalue weighted by atomic mass is 35.5. The molecule has 0 heterocycles. The monoisotopic (exact) mass is 245 g/mol. The predicted molar refractivity (Wildman–Crippen MR) is 63.3 cm³/mol. The highest BCUT2D eigenvalue weighted by Crippen LogP contribution is 2.41. The Kier molecular flexibility index (Phi) is 4.41. The summed E-state index contributed by atoms with van der Waals surface area (Å²) in [4.78, 5) is 0. The minimum atomic E-state index is -0.794. The second-order valence-corrected chi connectivity index (χ2v) is 3.79. The molecule has 90 valence electrons. The van der Waals surface area contributed by atoms with Crippen LogP contribution in [0.3, 0.4) is 0 Å². The second kappa shape index (κ2) is 5.39. The Morgan fingerprint density at radius 2 is 1.94 bits per heavy atom. The number of benzene rings is 1. The third-order valence-electron chi connectivity index (χ3n) is 2.38. The highest BCUT2D eigenvalue weighted by molar-refractivity contribution is 6.33. The Morgan fingerprint density at radius 1 is 1.38 bits per heavy atom.